The maximum atomic E-state index is 8.59. The molecule has 0 aliphatic rings. The predicted octanol–water partition coefficient (Wildman–Crippen LogP) is 1.67. The summed E-state index contributed by atoms with van der Waals surface area (Å²) in [4.78, 5) is 0. The van der Waals surface area contributed by atoms with E-state index in [0.29, 0.717) is 0 Å². The first-order valence-corrected chi connectivity index (χ1v) is 5.69. The summed E-state index contributed by atoms with van der Waals surface area (Å²) < 4.78 is 29.5. The van der Waals surface area contributed by atoms with E-state index < -0.39 is 11.0 Å². The molecule has 0 heterocycles. The SMILES string of the molecule is CCCCOCCCC.O=[SH](=O)O. The topological polar surface area (TPSA) is 63.6 Å². The highest BCUT2D eigenvalue weighted by Gasteiger charge is 1.84. The van der Waals surface area contributed by atoms with E-state index in [-0.39, 0.29) is 0 Å². The number of unbranched alkanes of at least 4 members (excludes halogenated alkanes) is 2. The van der Waals surface area contributed by atoms with Crippen LogP contribution in [0.3, 0.4) is 0 Å². The highest BCUT2D eigenvalue weighted by molar-refractivity contribution is 7.66. The normalized spacial score (nSPS) is 9.54. The van der Waals surface area contributed by atoms with Gasteiger partial charge in [-0.25, -0.2) is 8.42 Å². The van der Waals surface area contributed by atoms with E-state index in [1.54, 1.807) is 0 Å². The van der Waals surface area contributed by atoms with Gasteiger partial charge in [-0.15, -0.1) is 0 Å². The number of rotatable bonds is 6. The van der Waals surface area contributed by atoms with E-state index in [4.69, 9.17) is 17.7 Å². The Balaban J connectivity index is 0. The molecular weight excluding hydrogens is 192 g/mol. The molecule has 0 amide bonds. The zero-order valence-electron chi connectivity index (χ0n) is 8.36. The van der Waals surface area contributed by atoms with E-state index in [2.05, 4.69) is 13.8 Å². The van der Waals surface area contributed by atoms with Crippen molar-refractivity contribution in [3.63, 3.8) is 0 Å². The molecule has 0 unspecified atom stereocenters. The van der Waals surface area contributed by atoms with Crippen LogP contribution in [0.2, 0.25) is 0 Å². The van der Waals surface area contributed by atoms with Crippen molar-refractivity contribution in [1.29, 1.82) is 0 Å². The smallest absolute Gasteiger partial charge is 0.254 e. The van der Waals surface area contributed by atoms with Gasteiger partial charge in [0.25, 0.3) is 11.0 Å². The van der Waals surface area contributed by atoms with Gasteiger partial charge in [-0.2, -0.15) is 0 Å². The Labute approximate surface area is 82.1 Å². The molecule has 0 rings (SSSR count). The number of ether oxygens (including phenoxy) is 1. The third kappa shape index (κ3) is 33.6. The highest BCUT2D eigenvalue weighted by atomic mass is 32.2. The van der Waals surface area contributed by atoms with Crippen LogP contribution in [0.5, 0.6) is 0 Å². The quantitative estimate of drug-likeness (QED) is 0.399. The highest BCUT2D eigenvalue weighted by Crippen LogP contribution is 1.91. The molecule has 0 radical (unpaired) electrons. The molecule has 0 aromatic carbocycles. The molecule has 5 heteroatoms. The zero-order valence-corrected chi connectivity index (χ0v) is 9.26. The van der Waals surface area contributed by atoms with Crippen LogP contribution in [0.1, 0.15) is 39.5 Å². The predicted molar refractivity (Wildman–Crippen MR) is 53.6 cm³/mol. The van der Waals surface area contributed by atoms with Gasteiger partial charge in [0.15, 0.2) is 0 Å². The van der Waals surface area contributed by atoms with Gasteiger partial charge < -0.3 is 4.74 Å². The van der Waals surface area contributed by atoms with Gasteiger partial charge in [-0.3, -0.25) is 4.55 Å². The van der Waals surface area contributed by atoms with Crippen molar-refractivity contribution >= 4 is 11.0 Å². The Morgan fingerprint density at radius 3 is 1.62 bits per heavy atom. The van der Waals surface area contributed by atoms with Crippen LogP contribution in [0.4, 0.5) is 0 Å². The van der Waals surface area contributed by atoms with Crippen LogP contribution in [0.15, 0.2) is 0 Å². The minimum atomic E-state index is -3.12. The maximum Gasteiger partial charge on any atom is 0.254 e. The fourth-order valence-electron chi connectivity index (χ4n) is 0.595. The summed E-state index contributed by atoms with van der Waals surface area (Å²) in [5, 5.41) is 0. The molecular formula is C8H20O4S. The van der Waals surface area contributed by atoms with Crippen LogP contribution < -0.4 is 0 Å². The second-order valence-electron chi connectivity index (χ2n) is 2.56. The van der Waals surface area contributed by atoms with Crippen LogP contribution >= 0.6 is 0 Å². The molecule has 0 bridgehead atoms. The Hall–Kier alpha value is -0.130. The maximum absolute atomic E-state index is 8.59. The monoisotopic (exact) mass is 212 g/mol. The first kappa shape index (κ1) is 15.3. The van der Waals surface area contributed by atoms with Gasteiger partial charge in [0, 0.05) is 13.2 Å². The minimum absolute atomic E-state index is 0.955. The van der Waals surface area contributed by atoms with Crippen molar-refractivity contribution in [2.24, 2.45) is 0 Å². The van der Waals surface area contributed by atoms with Gasteiger partial charge in [-0.1, -0.05) is 26.7 Å². The Bertz CT molecular complexity index is 131. The van der Waals surface area contributed by atoms with Gasteiger partial charge >= 0.3 is 0 Å². The lowest BCUT2D eigenvalue weighted by molar-refractivity contribution is 0.128. The van der Waals surface area contributed by atoms with Crippen molar-refractivity contribution < 1.29 is 17.7 Å². The molecule has 0 atom stereocenters. The lowest BCUT2D eigenvalue weighted by Gasteiger charge is -1.99. The number of hydrogen-bond acceptors (Lipinski definition) is 3. The average molecular weight is 212 g/mol. The number of thiol groups is 1. The van der Waals surface area contributed by atoms with Gasteiger partial charge in [0.05, 0.1) is 0 Å². The van der Waals surface area contributed by atoms with Crippen LogP contribution in [-0.4, -0.2) is 26.2 Å². The molecule has 0 fully saturated rings. The van der Waals surface area contributed by atoms with E-state index in [9.17, 15) is 0 Å². The van der Waals surface area contributed by atoms with E-state index >= 15 is 0 Å². The second kappa shape index (κ2) is 14.4. The summed E-state index contributed by atoms with van der Waals surface area (Å²) in [6, 6.07) is 0. The standard InChI is InChI=1S/C8H18O.H2O3S/c1-3-5-7-9-8-6-4-2;1-4(2)3/h3-8H2,1-2H3;4H,(H,1,2,3). The lowest BCUT2D eigenvalue weighted by atomic mass is 10.3. The summed E-state index contributed by atoms with van der Waals surface area (Å²) in [6.45, 7) is 6.28. The lowest BCUT2D eigenvalue weighted by Crippen LogP contribution is -1.95. The second-order valence-corrected chi connectivity index (χ2v) is 3.03. The summed E-state index contributed by atoms with van der Waals surface area (Å²) in [7, 11) is -3.12. The molecule has 0 aliphatic heterocycles. The Kier molecular flexibility index (Phi) is 17.0. The zero-order chi connectivity index (χ0) is 10.5. The summed E-state index contributed by atoms with van der Waals surface area (Å²) >= 11 is 0. The molecule has 4 nitrogen and oxygen atoms in total. The first-order valence-electron chi connectivity index (χ1n) is 4.56. The molecule has 0 saturated heterocycles. The van der Waals surface area contributed by atoms with E-state index in [0.717, 1.165) is 13.2 Å². The van der Waals surface area contributed by atoms with Crippen molar-refractivity contribution in [3.05, 3.63) is 0 Å². The summed E-state index contributed by atoms with van der Waals surface area (Å²) in [5.74, 6) is 0. The van der Waals surface area contributed by atoms with Crippen LogP contribution in [0, 0.1) is 0 Å². The van der Waals surface area contributed by atoms with Crippen molar-refractivity contribution in [3.8, 4) is 0 Å². The summed E-state index contributed by atoms with van der Waals surface area (Å²) in [5.41, 5.74) is 0. The molecule has 0 spiro atoms. The first-order chi connectivity index (χ1) is 6.15. The van der Waals surface area contributed by atoms with Gasteiger partial charge in [-0.05, 0) is 12.8 Å². The molecule has 0 aromatic heterocycles. The molecule has 82 valence electrons. The third-order valence-corrected chi connectivity index (χ3v) is 1.28. The Morgan fingerprint density at radius 1 is 1.08 bits per heavy atom. The molecule has 1 N–H and O–H groups in total. The summed E-state index contributed by atoms with van der Waals surface area (Å²) in [6.07, 6.45) is 4.91. The minimum Gasteiger partial charge on any atom is -0.381 e. The molecule has 0 saturated carbocycles. The van der Waals surface area contributed by atoms with Crippen molar-refractivity contribution in [1.82, 2.24) is 0 Å². The van der Waals surface area contributed by atoms with Crippen molar-refractivity contribution in [2.45, 2.75) is 39.5 Å². The van der Waals surface area contributed by atoms with Gasteiger partial charge in [0.2, 0.25) is 0 Å². The Morgan fingerprint density at radius 2 is 1.38 bits per heavy atom. The third-order valence-electron chi connectivity index (χ3n) is 1.28. The fraction of sp³-hybridized carbons (Fsp3) is 1.00. The molecule has 0 aromatic rings. The van der Waals surface area contributed by atoms with Gasteiger partial charge in [0.1, 0.15) is 0 Å². The molecule has 13 heavy (non-hydrogen) atoms. The fourth-order valence-corrected chi connectivity index (χ4v) is 0.595. The van der Waals surface area contributed by atoms with E-state index in [1.807, 2.05) is 0 Å². The van der Waals surface area contributed by atoms with Crippen molar-refractivity contribution in [2.75, 3.05) is 13.2 Å². The van der Waals surface area contributed by atoms with E-state index in [1.165, 1.54) is 25.7 Å². The van der Waals surface area contributed by atoms with Crippen LogP contribution in [0.25, 0.3) is 0 Å². The average Bonchev–Trinajstić information content (AvgIpc) is 2.03. The largest absolute Gasteiger partial charge is 0.381 e. The van der Waals surface area contributed by atoms with Crippen LogP contribution in [-0.2, 0) is 15.7 Å². The number of hydrogen-bond donors (Lipinski definition) is 2. The molecule has 0 aliphatic carbocycles.